The second-order valence-corrected chi connectivity index (χ2v) is 10.9. The van der Waals surface area contributed by atoms with Crippen LogP contribution in [0.2, 0.25) is 0 Å². The first-order valence-electron chi connectivity index (χ1n) is 14.0. The molecule has 220 valence electrons. The number of hydrogen-bond donors (Lipinski definition) is 3. The Hall–Kier alpha value is -3.89. The molecule has 1 aromatic carbocycles. The van der Waals surface area contributed by atoms with E-state index in [-0.39, 0.29) is 11.9 Å². The largest absolute Gasteiger partial charge is 0.497 e. The molecule has 0 radical (unpaired) electrons. The van der Waals surface area contributed by atoms with Crippen LogP contribution in [-0.4, -0.2) is 72.3 Å². The first-order valence-corrected chi connectivity index (χ1v) is 14.0. The fourth-order valence-corrected chi connectivity index (χ4v) is 4.96. The fourth-order valence-electron chi connectivity index (χ4n) is 4.96. The Morgan fingerprint density at radius 1 is 1.15 bits per heavy atom. The standard InChI is InChI=1S/C31H41N5O5/c1-6-24-27(29(37)34-20-26(21-8-7-13-32-18-21)36-14-16-40-17-15-36)25(35-28(24)30(38)41-31(2,3)4)19-33-22-9-11-23(39-5)12-10-22/h7-13,18,26,33,35H,6,14-17,19-20H2,1-5H3,(H,34,37). The van der Waals surface area contributed by atoms with Crippen molar-refractivity contribution in [1.82, 2.24) is 20.2 Å². The monoisotopic (exact) mass is 563 g/mol. The maximum absolute atomic E-state index is 13.9. The van der Waals surface area contributed by atoms with Crippen LogP contribution in [0.1, 0.15) is 71.4 Å². The number of esters is 1. The SMILES string of the molecule is CCc1c(C(=O)OC(C)(C)C)[nH]c(CNc2ccc(OC)cc2)c1C(=O)NCC(c1cccnc1)N1CCOCC1. The Kier molecular flexibility index (Phi) is 10.0. The summed E-state index contributed by atoms with van der Waals surface area (Å²) in [5.41, 5.74) is 3.21. The average molecular weight is 564 g/mol. The number of benzene rings is 1. The quantitative estimate of drug-likeness (QED) is 0.295. The van der Waals surface area contributed by atoms with E-state index in [1.165, 1.54) is 0 Å². The van der Waals surface area contributed by atoms with Crippen molar-refractivity contribution < 1.29 is 23.8 Å². The zero-order chi connectivity index (χ0) is 29.4. The number of methoxy groups -OCH3 is 1. The number of aromatic nitrogens is 2. The molecule has 1 fully saturated rings. The number of amides is 1. The lowest BCUT2D eigenvalue weighted by Gasteiger charge is -2.34. The first kappa shape index (κ1) is 30.1. The van der Waals surface area contributed by atoms with Gasteiger partial charge in [-0.1, -0.05) is 13.0 Å². The summed E-state index contributed by atoms with van der Waals surface area (Å²) in [7, 11) is 1.62. The number of hydrogen-bond acceptors (Lipinski definition) is 8. The zero-order valence-electron chi connectivity index (χ0n) is 24.6. The van der Waals surface area contributed by atoms with Gasteiger partial charge in [-0.3, -0.25) is 14.7 Å². The molecule has 3 N–H and O–H groups in total. The van der Waals surface area contributed by atoms with E-state index in [1.54, 1.807) is 13.3 Å². The van der Waals surface area contributed by atoms with Crippen LogP contribution in [0.5, 0.6) is 5.75 Å². The highest BCUT2D eigenvalue weighted by Gasteiger charge is 2.30. The van der Waals surface area contributed by atoms with Crippen molar-refractivity contribution >= 4 is 17.6 Å². The minimum absolute atomic E-state index is 0.0632. The molecule has 0 saturated carbocycles. The summed E-state index contributed by atoms with van der Waals surface area (Å²) in [5.74, 6) is 0.0154. The molecule has 2 aromatic heterocycles. The van der Waals surface area contributed by atoms with Gasteiger partial charge in [0, 0.05) is 43.4 Å². The molecule has 0 spiro atoms. The molecule has 4 rings (SSSR count). The lowest BCUT2D eigenvalue weighted by molar-refractivity contribution is 0.00621. The molecule has 1 amide bonds. The number of morpholine rings is 1. The highest BCUT2D eigenvalue weighted by Crippen LogP contribution is 2.26. The number of pyridine rings is 1. The van der Waals surface area contributed by atoms with Gasteiger partial charge in [0.15, 0.2) is 0 Å². The first-order chi connectivity index (χ1) is 19.7. The van der Waals surface area contributed by atoms with E-state index in [0.29, 0.717) is 55.2 Å². The van der Waals surface area contributed by atoms with E-state index in [4.69, 9.17) is 14.2 Å². The van der Waals surface area contributed by atoms with Crippen LogP contribution >= 0.6 is 0 Å². The summed E-state index contributed by atoms with van der Waals surface area (Å²) in [4.78, 5) is 36.9. The minimum atomic E-state index is -0.674. The molecule has 1 saturated heterocycles. The van der Waals surface area contributed by atoms with Crippen molar-refractivity contribution in [2.24, 2.45) is 0 Å². The molecular weight excluding hydrogens is 522 g/mol. The molecule has 1 atom stereocenters. The summed E-state index contributed by atoms with van der Waals surface area (Å²) in [6.45, 7) is 10.9. The number of carbonyl (C=O) groups is 2. The third kappa shape index (κ3) is 7.86. The molecule has 1 unspecified atom stereocenters. The van der Waals surface area contributed by atoms with Crippen molar-refractivity contribution in [3.63, 3.8) is 0 Å². The van der Waals surface area contributed by atoms with Crippen LogP contribution in [0.15, 0.2) is 48.8 Å². The molecule has 1 aliphatic heterocycles. The van der Waals surface area contributed by atoms with Gasteiger partial charge in [-0.05, 0) is 68.7 Å². The third-order valence-electron chi connectivity index (χ3n) is 6.94. The Morgan fingerprint density at radius 3 is 2.49 bits per heavy atom. The molecule has 10 heteroatoms. The summed E-state index contributed by atoms with van der Waals surface area (Å²) in [6, 6.07) is 11.4. The second kappa shape index (κ2) is 13.6. The highest BCUT2D eigenvalue weighted by atomic mass is 16.6. The van der Waals surface area contributed by atoms with E-state index >= 15 is 0 Å². The van der Waals surface area contributed by atoms with Gasteiger partial charge in [0.25, 0.3) is 5.91 Å². The zero-order valence-corrected chi connectivity index (χ0v) is 24.6. The molecule has 41 heavy (non-hydrogen) atoms. The number of nitrogens with one attached hydrogen (secondary N) is 3. The van der Waals surface area contributed by atoms with Crippen LogP contribution in [-0.2, 0) is 22.4 Å². The van der Waals surface area contributed by atoms with Crippen molar-refractivity contribution in [3.8, 4) is 5.75 Å². The summed E-state index contributed by atoms with van der Waals surface area (Å²) >= 11 is 0. The second-order valence-electron chi connectivity index (χ2n) is 10.9. The van der Waals surface area contributed by atoms with Crippen molar-refractivity contribution in [3.05, 3.63) is 76.9 Å². The van der Waals surface area contributed by atoms with Crippen molar-refractivity contribution in [2.45, 2.75) is 52.3 Å². The van der Waals surface area contributed by atoms with Crippen LogP contribution in [0.3, 0.4) is 0 Å². The summed E-state index contributed by atoms with van der Waals surface area (Å²) < 4.78 is 16.5. The normalized spacial score (nSPS) is 14.8. The smallest absolute Gasteiger partial charge is 0.355 e. The molecule has 1 aliphatic rings. The number of H-pyrrole nitrogens is 1. The van der Waals surface area contributed by atoms with Gasteiger partial charge in [-0.15, -0.1) is 0 Å². The van der Waals surface area contributed by atoms with Gasteiger partial charge < -0.3 is 29.8 Å². The van der Waals surface area contributed by atoms with E-state index in [1.807, 2.05) is 70.3 Å². The van der Waals surface area contributed by atoms with E-state index in [2.05, 4.69) is 25.5 Å². The topological polar surface area (TPSA) is 118 Å². The minimum Gasteiger partial charge on any atom is -0.497 e. The van der Waals surface area contributed by atoms with Crippen LogP contribution < -0.4 is 15.4 Å². The number of anilines is 1. The van der Waals surface area contributed by atoms with Crippen molar-refractivity contribution in [1.29, 1.82) is 0 Å². The van der Waals surface area contributed by atoms with E-state index in [0.717, 1.165) is 30.1 Å². The van der Waals surface area contributed by atoms with Crippen LogP contribution in [0.25, 0.3) is 0 Å². The lowest BCUT2D eigenvalue weighted by atomic mass is 10.0. The molecule has 3 aromatic rings. The number of ether oxygens (including phenoxy) is 3. The maximum Gasteiger partial charge on any atom is 0.355 e. The van der Waals surface area contributed by atoms with Gasteiger partial charge in [0.1, 0.15) is 17.0 Å². The number of nitrogens with zero attached hydrogens (tertiary/aromatic N) is 2. The predicted octanol–water partition coefficient (Wildman–Crippen LogP) is 4.35. The Morgan fingerprint density at radius 2 is 1.88 bits per heavy atom. The lowest BCUT2D eigenvalue weighted by Crippen LogP contribution is -2.44. The Bertz CT molecular complexity index is 1290. The van der Waals surface area contributed by atoms with Crippen molar-refractivity contribution in [2.75, 3.05) is 45.3 Å². The van der Waals surface area contributed by atoms with E-state index < -0.39 is 11.6 Å². The number of carbonyl (C=O) groups excluding carboxylic acids is 2. The molecular formula is C31H41N5O5. The van der Waals surface area contributed by atoms with Crippen LogP contribution in [0.4, 0.5) is 5.69 Å². The number of rotatable bonds is 11. The summed E-state index contributed by atoms with van der Waals surface area (Å²) in [6.07, 6.45) is 4.06. The fraction of sp³-hybridized carbons (Fsp3) is 0.452. The van der Waals surface area contributed by atoms with Crippen LogP contribution in [0, 0.1) is 0 Å². The highest BCUT2D eigenvalue weighted by molar-refractivity contribution is 6.01. The number of aromatic amines is 1. The maximum atomic E-state index is 13.9. The van der Waals surface area contributed by atoms with Gasteiger partial charge in [-0.25, -0.2) is 4.79 Å². The van der Waals surface area contributed by atoms with E-state index in [9.17, 15) is 9.59 Å². The Labute approximate surface area is 241 Å². The van der Waals surface area contributed by atoms with Gasteiger partial charge in [-0.2, -0.15) is 0 Å². The molecule has 3 heterocycles. The Balaban J connectivity index is 1.61. The van der Waals surface area contributed by atoms with Gasteiger partial charge >= 0.3 is 5.97 Å². The molecule has 0 bridgehead atoms. The average Bonchev–Trinajstić information content (AvgIpc) is 3.35. The summed E-state index contributed by atoms with van der Waals surface area (Å²) in [5, 5.41) is 6.51. The van der Waals surface area contributed by atoms with Gasteiger partial charge in [0.05, 0.1) is 38.5 Å². The molecule has 10 nitrogen and oxygen atoms in total. The molecule has 0 aliphatic carbocycles. The third-order valence-corrected chi connectivity index (χ3v) is 6.94. The predicted molar refractivity (Wildman–Crippen MR) is 157 cm³/mol. The van der Waals surface area contributed by atoms with Gasteiger partial charge in [0.2, 0.25) is 0 Å².